The fourth-order valence-corrected chi connectivity index (χ4v) is 2.86. The van der Waals surface area contributed by atoms with Crippen LogP contribution in [0.2, 0.25) is 0 Å². The van der Waals surface area contributed by atoms with E-state index in [2.05, 4.69) is 32.1 Å². The van der Waals surface area contributed by atoms with Gasteiger partial charge < -0.3 is 15.0 Å². The van der Waals surface area contributed by atoms with Crippen LogP contribution < -0.4 is 15.0 Å². The molecule has 0 spiro atoms. The van der Waals surface area contributed by atoms with E-state index in [1.807, 2.05) is 14.0 Å². The molecule has 1 atom stereocenters. The Balaban J connectivity index is 2.11. The van der Waals surface area contributed by atoms with Crippen molar-refractivity contribution >= 4 is 11.9 Å². The van der Waals surface area contributed by atoms with Gasteiger partial charge in [-0.3, -0.25) is 0 Å². The average Bonchev–Trinajstić information content (AvgIpc) is 2.73. The molecule has 6 heteroatoms. The van der Waals surface area contributed by atoms with Gasteiger partial charge in [-0.15, -0.1) is 0 Å². The smallest absolute Gasteiger partial charge is 0.323 e. The Morgan fingerprint density at radius 3 is 2.76 bits per heavy atom. The van der Waals surface area contributed by atoms with Gasteiger partial charge >= 0.3 is 6.01 Å². The Hall–Kier alpha value is -1.59. The first-order valence-corrected chi connectivity index (χ1v) is 8.08. The minimum atomic E-state index is 0.404. The van der Waals surface area contributed by atoms with Gasteiger partial charge in [-0.05, 0) is 32.1 Å². The van der Waals surface area contributed by atoms with Crippen molar-refractivity contribution in [1.29, 1.82) is 0 Å². The first-order chi connectivity index (χ1) is 10.3. The lowest BCUT2D eigenvalue weighted by Crippen LogP contribution is -2.27. The predicted molar refractivity (Wildman–Crippen MR) is 85.0 cm³/mol. The number of rotatable bonds is 6. The van der Waals surface area contributed by atoms with E-state index in [1.54, 1.807) is 0 Å². The summed E-state index contributed by atoms with van der Waals surface area (Å²) < 4.78 is 5.44. The molecule has 118 valence electrons. The highest BCUT2D eigenvalue weighted by atomic mass is 16.5. The molecule has 0 aliphatic carbocycles. The number of nitrogens with one attached hydrogen (secondary N) is 1. The summed E-state index contributed by atoms with van der Waals surface area (Å²) in [5.41, 5.74) is 0. The molecule has 2 rings (SSSR count). The highest BCUT2D eigenvalue weighted by Crippen LogP contribution is 2.24. The van der Waals surface area contributed by atoms with Crippen molar-refractivity contribution in [3.63, 3.8) is 0 Å². The third kappa shape index (κ3) is 4.44. The molecule has 1 saturated heterocycles. The molecule has 6 nitrogen and oxygen atoms in total. The first kappa shape index (κ1) is 15.8. The van der Waals surface area contributed by atoms with Crippen LogP contribution in [0, 0.1) is 5.92 Å². The van der Waals surface area contributed by atoms with Crippen LogP contribution in [0.15, 0.2) is 0 Å². The second kappa shape index (κ2) is 8.00. The monoisotopic (exact) mass is 293 g/mol. The van der Waals surface area contributed by atoms with Crippen molar-refractivity contribution in [3.8, 4) is 6.01 Å². The number of hydrogen-bond acceptors (Lipinski definition) is 6. The van der Waals surface area contributed by atoms with E-state index in [0.29, 0.717) is 18.6 Å². The minimum Gasteiger partial charge on any atom is -0.464 e. The van der Waals surface area contributed by atoms with Gasteiger partial charge in [-0.2, -0.15) is 15.0 Å². The van der Waals surface area contributed by atoms with Gasteiger partial charge in [-0.25, -0.2) is 0 Å². The summed E-state index contributed by atoms with van der Waals surface area (Å²) >= 11 is 0. The lowest BCUT2D eigenvalue weighted by molar-refractivity contribution is 0.312. The van der Waals surface area contributed by atoms with Crippen molar-refractivity contribution in [2.75, 3.05) is 37.0 Å². The molecule has 1 aromatic heterocycles. The Labute approximate surface area is 127 Å². The molecule has 0 amide bonds. The standard InChI is InChI=1S/C15H27N5O/c1-4-7-12-8-6-10-20(11-9-12)14-17-13(16-3)18-15(19-14)21-5-2/h12H,4-11H2,1-3H3,(H,16,17,18,19). The topological polar surface area (TPSA) is 63.2 Å². The van der Waals surface area contributed by atoms with E-state index < -0.39 is 0 Å². The molecule has 1 aliphatic heterocycles. The van der Waals surface area contributed by atoms with Crippen LogP contribution in [0.3, 0.4) is 0 Å². The number of ether oxygens (including phenoxy) is 1. The molecule has 1 aliphatic rings. The first-order valence-electron chi connectivity index (χ1n) is 8.08. The second-order valence-corrected chi connectivity index (χ2v) is 5.50. The molecule has 0 saturated carbocycles. The molecule has 1 unspecified atom stereocenters. The summed E-state index contributed by atoms with van der Waals surface area (Å²) in [6.07, 6.45) is 6.34. The normalized spacial score (nSPS) is 19.2. The lowest BCUT2D eigenvalue weighted by Gasteiger charge is -2.21. The summed E-state index contributed by atoms with van der Waals surface area (Å²) in [5, 5.41) is 2.98. The van der Waals surface area contributed by atoms with Gasteiger partial charge in [0.05, 0.1) is 6.61 Å². The summed E-state index contributed by atoms with van der Waals surface area (Å²) in [7, 11) is 1.81. The van der Waals surface area contributed by atoms with E-state index in [9.17, 15) is 0 Å². The van der Waals surface area contributed by atoms with Crippen molar-refractivity contribution in [1.82, 2.24) is 15.0 Å². The fraction of sp³-hybridized carbons (Fsp3) is 0.800. The number of nitrogens with zero attached hydrogens (tertiary/aromatic N) is 4. The largest absolute Gasteiger partial charge is 0.464 e. The van der Waals surface area contributed by atoms with Crippen LogP contribution in [0.4, 0.5) is 11.9 Å². The van der Waals surface area contributed by atoms with E-state index in [-0.39, 0.29) is 0 Å². The Kier molecular flexibility index (Phi) is 6.02. The molecule has 2 heterocycles. The van der Waals surface area contributed by atoms with E-state index in [0.717, 1.165) is 25.0 Å². The Morgan fingerprint density at radius 1 is 1.19 bits per heavy atom. The molecule has 1 fully saturated rings. The van der Waals surface area contributed by atoms with Crippen LogP contribution in [0.1, 0.15) is 46.0 Å². The average molecular weight is 293 g/mol. The lowest BCUT2D eigenvalue weighted by atomic mass is 9.96. The molecular formula is C15H27N5O. The van der Waals surface area contributed by atoms with Crippen LogP contribution in [-0.4, -0.2) is 41.7 Å². The van der Waals surface area contributed by atoms with Crippen molar-refractivity contribution in [2.45, 2.75) is 46.0 Å². The summed E-state index contributed by atoms with van der Waals surface area (Å²) in [4.78, 5) is 15.4. The maximum absolute atomic E-state index is 5.44. The van der Waals surface area contributed by atoms with Crippen LogP contribution in [-0.2, 0) is 0 Å². The van der Waals surface area contributed by atoms with Crippen LogP contribution >= 0.6 is 0 Å². The fourth-order valence-electron chi connectivity index (χ4n) is 2.86. The van der Waals surface area contributed by atoms with Gasteiger partial charge in [-0.1, -0.05) is 19.8 Å². The molecule has 1 N–H and O–H groups in total. The van der Waals surface area contributed by atoms with E-state index >= 15 is 0 Å². The zero-order valence-electron chi connectivity index (χ0n) is 13.4. The van der Waals surface area contributed by atoms with E-state index in [4.69, 9.17) is 4.74 Å². The minimum absolute atomic E-state index is 0.404. The summed E-state index contributed by atoms with van der Waals surface area (Å²) in [6, 6.07) is 0.404. The zero-order valence-corrected chi connectivity index (χ0v) is 13.4. The third-order valence-electron chi connectivity index (χ3n) is 3.93. The number of anilines is 2. The SMILES string of the molecule is CCCC1CCCN(c2nc(NC)nc(OCC)n2)CC1. The van der Waals surface area contributed by atoms with Crippen molar-refractivity contribution in [2.24, 2.45) is 5.92 Å². The molecular weight excluding hydrogens is 266 g/mol. The van der Waals surface area contributed by atoms with Crippen LogP contribution in [0.25, 0.3) is 0 Å². The van der Waals surface area contributed by atoms with Gasteiger partial charge in [0, 0.05) is 20.1 Å². The highest BCUT2D eigenvalue weighted by molar-refractivity contribution is 5.38. The molecule has 0 aromatic carbocycles. The quantitative estimate of drug-likeness (QED) is 0.870. The summed E-state index contributed by atoms with van der Waals surface area (Å²) in [5.74, 6) is 2.14. The molecule has 21 heavy (non-hydrogen) atoms. The number of aromatic nitrogens is 3. The summed E-state index contributed by atoms with van der Waals surface area (Å²) in [6.45, 7) is 6.79. The maximum atomic E-state index is 5.44. The Bertz CT molecular complexity index is 440. The number of hydrogen-bond donors (Lipinski definition) is 1. The van der Waals surface area contributed by atoms with Crippen molar-refractivity contribution in [3.05, 3.63) is 0 Å². The van der Waals surface area contributed by atoms with E-state index in [1.165, 1.54) is 32.1 Å². The van der Waals surface area contributed by atoms with Gasteiger partial charge in [0.1, 0.15) is 0 Å². The zero-order chi connectivity index (χ0) is 15.1. The van der Waals surface area contributed by atoms with Crippen molar-refractivity contribution < 1.29 is 4.74 Å². The van der Waals surface area contributed by atoms with Gasteiger partial charge in [0.25, 0.3) is 0 Å². The predicted octanol–water partition coefficient (Wildman–Crippen LogP) is 2.72. The third-order valence-corrected chi connectivity index (χ3v) is 3.93. The van der Waals surface area contributed by atoms with Gasteiger partial charge in [0.15, 0.2) is 0 Å². The van der Waals surface area contributed by atoms with Crippen LogP contribution in [0.5, 0.6) is 6.01 Å². The molecule has 0 radical (unpaired) electrons. The molecule has 0 bridgehead atoms. The van der Waals surface area contributed by atoms with Gasteiger partial charge in [0.2, 0.25) is 11.9 Å². The Morgan fingerprint density at radius 2 is 2.05 bits per heavy atom. The molecule has 1 aromatic rings. The second-order valence-electron chi connectivity index (χ2n) is 5.50. The maximum Gasteiger partial charge on any atom is 0.323 e. The highest BCUT2D eigenvalue weighted by Gasteiger charge is 2.19.